The highest BCUT2D eigenvalue weighted by molar-refractivity contribution is 7.92. The normalized spacial score (nSPS) is 30.9. The average Bonchev–Trinajstić information content (AvgIpc) is 3.17. The first-order chi connectivity index (χ1) is 11.0. The minimum atomic E-state index is -3.28. The minimum absolute atomic E-state index is 0.209. The summed E-state index contributed by atoms with van der Waals surface area (Å²) in [5.74, 6) is -0.133. The van der Waals surface area contributed by atoms with E-state index in [1.54, 1.807) is 4.90 Å². The summed E-state index contributed by atoms with van der Waals surface area (Å²) in [5, 5.41) is -0.290. The summed E-state index contributed by atoms with van der Waals surface area (Å²) in [7, 11) is -3.28. The van der Waals surface area contributed by atoms with Gasteiger partial charge in [-0.3, -0.25) is 9.69 Å². The molecule has 3 aliphatic rings. The Morgan fingerprint density at radius 2 is 1.78 bits per heavy atom. The van der Waals surface area contributed by atoms with Gasteiger partial charge in [0.15, 0.2) is 9.84 Å². The van der Waals surface area contributed by atoms with E-state index >= 15 is 0 Å². The number of rotatable bonds is 4. The number of ether oxygens (including phenoxy) is 1. The van der Waals surface area contributed by atoms with Crippen molar-refractivity contribution in [1.29, 1.82) is 0 Å². The van der Waals surface area contributed by atoms with Crippen molar-refractivity contribution in [3.05, 3.63) is 0 Å². The van der Waals surface area contributed by atoms with E-state index in [2.05, 4.69) is 11.8 Å². The number of hydrogen-bond donors (Lipinski definition) is 0. The Labute approximate surface area is 139 Å². The summed E-state index contributed by atoms with van der Waals surface area (Å²) in [4.78, 5) is 16.6. The lowest BCUT2D eigenvalue weighted by molar-refractivity contribution is -0.127. The second-order valence-electron chi connectivity index (χ2n) is 7.21. The van der Waals surface area contributed by atoms with Gasteiger partial charge in [0.25, 0.3) is 0 Å². The van der Waals surface area contributed by atoms with Crippen molar-refractivity contribution >= 4 is 15.7 Å². The Morgan fingerprint density at radius 1 is 1.13 bits per heavy atom. The monoisotopic (exact) mass is 344 g/mol. The molecule has 6 nitrogen and oxygen atoms in total. The molecule has 1 amide bonds. The van der Waals surface area contributed by atoms with Crippen LogP contribution in [0.25, 0.3) is 0 Å². The SMILES string of the molecule is CC1CN(C(=O)CS(=O)(=O)C2CCCC2)CC1N1CCOCC1. The van der Waals surface area contributed by atoms with Gasteiger partial charge in [-0.25, -0.2) is 8.42 Å². The van der Waals surface area contributed by atoms with Crippen LogP contribution in [0.3, 0.4) is 0 Å². The first-order valence-electron chi connectivity index (χ1n) is 8.78. The number of likely N-dealkylation sites (tertiary alicyclic amines) is 1. The van der Waals surface area contributed by atoms with Crippen molar-refractivity contribution in [3.8, 4) is 0 Å². The van der Waals surface area contributed by atoms with Crippen molar-refractivity contribution in [2.45, 2.75) is 43.9 Å². The molecule has 0 aromatic heterocycles. The number of nitrogens with zero attached hydrogens (tertiary/aromatic N) is 2. The smallest absolute Gasteiger partial charge is 0.237 e. The molecule has 0 bridgehead atoms. The third-order valence-corrected chi connectivity index (χ3v) is 7.71. The molecular weight excluding hydrogens is 316 g/mol. The van der Waals surface area contributed by atoms with Crippen LogP contribution in [0, 0.1) is 5.92 Å². The van der Waals surface area contributed by atoms with Crippen molar-refractivity contribution in [1.82, 2.24) is 9.80 Å². The van der Waals surface area contributed by atoms with E-state index in [0.717, 1.165) is 52.0 Å². The molecule has 1 aliphatic carbocycles. The topological polar surface area (TPSA) is 66.9 Å². The van der Waals surface area contributed by atoms with Crippen LogP contribution < -0.4 is 0 Å². The van der Waals surface area contributed by atoms with Crippen molar-refractivity contribution in [3.63, 3.8) is 0 Å². The van der Waals surface area contributed by atoms with Crippen LogP contribution in [0.2, 0.25) is 0 Å². The molecule has 7 heteroatoms. The third-order valence-electron chi connectivity index (χ3n) is 5.57. The van der Waals surface area contributed by atoms with Gasteiger partial charge in [-0.1, -0.05) is 19.8 Å². The predicted octanol–water partition coefficient (Wildman–Crippen LogP) is 0.523. The molecule has 3 fully saturated rings. The van der Waals surface area contributed by atoms with E-state index in [4.69, 9.17) is 4.74 Å². The molecule has 2 saturated heterocycles. The van der Waals surface area contributed by atoms with Gasteiger partial charge < -0.3 is 9.64 Å². The Bertz CT molecular complexity index is 524. The van der Waals surface area contributed by atoms with Crippen molar-refractivity contribution < 1.29 is 17.9 Å². The highest BCUT2D eigenvalue weighted by Gasteiger charge is 2.39. The van der Waals surface area contributed by atoms with Gasteiger partial charge in [-0.2, -0.15) is 0 Å². The maximum atomic E-state index is 12.5. The largest absolute Gasteiger partial charge is 0.379 e. The fraction of sp³-hybridized carbons (Fsp3) is 0.938. The van der Waals surface area contributed by atoms with Crippen molar-refractivity contribution in [2.24, 2.45) is 5.92 Å². The second kappa shape index (κ2) is 7.07. The predicted molar refractivity (Wildman–Crippen MR) is 88.0 cm³/mol. The molecule has 1 saturated carbocycles. The Balaban J connectivity index is 1.58. The molecule has 0 aromatic rings. The van der Waals surface area contributed by atoms with Gasteiger partial charge in [0.1, 0.15) is 5.75 Å². The van der Waals surface area contributed by atoms with Crippen LogP contribution in [-0.2, 0) is 19.4 Å². The summed E-state index contributed by atoms with van der Waals surface area (Å²) in [6, 6.07) is 0.331. The summed E-state index contributed by atoms with van der Waals surface area (Å²) in [5.41, 5.74) is 0. The van der Waals surface area contributed by atoms with Crippen LogP contribution in [0.1, 0.15) is 32.6 Å². The highest BCUT2D eigenvalue weighted by atomic mass is 32.2. The molecule has 2 heterocycles. The molecule has 0 N–H and O–H groups in total. The van der Waals surface area contributed by atoms with E-state index in [9.17, 15) is 13.2 Å². The molecule has 0 aromatic carbocycles. The lowest BCUT2D eigenvalue weighted by atomic mass is 10.0. The zero-order valence-electron chi connectivity index (χ0n) is 13.9. The van der Waals surface area contributed by atoms with Crippen LogP contribution >= 0.6 is 0 Å². The Morgan fingerprint density at radius 3 is 2.43 bits per heavy atom. The number of amides is 1. The van der Waals surface area contributed by atoms with E-state index in [0.29, 0.717) is 25.0 Å². The molecule has 0 spiro atoms. The number of carbonyl (C=O) groups excluding carboxylic acids is 1. The quantitative estimate of drug-likeness (QED) is 0.744. The first kappa shape index (κ1) is 17.2. The molecule has 3 rings (SSSR count). The van der Waals surface area contributed by atoms with E-state index in [-0.39, 0.29) is 16.9 Å². The molecular formula is C16H28N2O4S. The fourth-order valence-corrected chi connectivity index (χ4v) is 5.98. The zero-order chi connectivity index (χ0) is 16.4. The van der Waals surface area contributed by atoms with E-state index in [1.165, 1.54) is 0 Å². The second-order valence-corrected chi connectivity index (χ2v) is 9.49. The average molecular weight is 344 g/mol. The van der Waals surface area contributed by atoms with Gasteiger partial charge in [0.2, 0.25) is 5.91 Å². The minimum Gasteiger partial charge on any atom is -0.379 e. The molecule has 2 atom stereocenters. The Hall–Kier alpha value is -0.660. The summed E-state index contributed by atoms with van der Waals surface area (Å²) in [6.07, 6.45) is 3.39. The Kier molecular flexibility index (Phi) is 5.28. The van der Waals surface area contributed by atoms with Crippen LogP contribution in [0.5, 0.6) is 0 Å². The third kappa shape index (κ3) is 3.88. The number of morpholine rings is 1. The van der Waals surface area contributed by atoms with Crippen LogP contribution in [-0.4, -0.2) is 80.6 Å². The van der Waals surface area contributed by atoms with Crippen molar-refractivity contribution in [2.75, 3.05) is 45.1 Å². The standard InChI is InChI=1S/C16H28N2O4S/c1-13-10-18(11-15(13)17-6-8-22-9-7-17)16(19)12-23(20,21)14-4-2-3-5-14/h13-15H,2-12H2,1H3. The van der Waals surface area contributed by atoms with Crippen LogP contribution in [0.4, 0.5) is 0 Å². The highest BCUT2D eigenvalue weighted by Crippen LogP contribution is 2.27. The maximum Gasteiger partial charge on any atom is 0.237 e. The number of hydrogen-bond acceptors (Lipinski definition) is 5. The molecule has 0 radical (unpaired) electrons. The van der Waals surface area contributed by atoms with E-state index in [1.807, 2.05) is 0 Å². The molecule has 132 valence electrons. The summed E-state index contributed by atoms with van der Waals surface area (Å²) >= 11 is 0. The van der Waals surface area contributed by atoms with Gasteiger partial charge in [-0.15, -0.1) is 0 Å². The molecule has 2 aliphatic heterocycles. The van der Waals surface area contributed by atoms with E-state index < -0.39 is 9.84 Å². The first-order valence-corrected chi connectivity index (χ1v) is 10.5. The summed E-state index contributed by atoms with van der Waals surface area (Å²) in [6.45, 7) is 6.76. The molecule has 23 heavy (non-hydrogen) atoms. The number of sulfone groups is 1. The lowest BCUT2D eigenvalue weighted by Crippen LogP contribution is -2.47. The fourth-order valence-electron chi connectivity index (χ4n) is 4.17. The number of carbonyl (C=O) groups is 1. The summed E-state index contributed by atoms with van der Waals surface area (Å²) < 4.78 is 30.2. The lowest BCUT2D eigenvalue weighted by Gasteiger charge is -2.34. The zero-order valence-corrected chi connectivity index (χ0v) is 14.8. The van der Waals surface area contributed by atoms with Gasteiger partial charge in [0.05, 0.1) is 18.5 Å². The van der Waals surface area contributed by atoms with Gasteiger partial charge >= 0.3 is 0 Å². The van der Waals surface area contributed by atoms with Gasteiger partial charge in [-0.05, 0) is 18.8 Å². The van der Waals surface area contributed by atoms with Gasteiger partial charge in [0, 0.05) is 32.2 Å². The maximum absolute atomic E-state index is 12.5. The molecule has 2 unspecified atom stereocenters. The van der Waals surface area contributed by atoms with Crippen LogP contribution in [0.15, 0.2) is 0 Å².